The Hall–Kier alpha value is -1.51. The van der Waals surface area contributed by atoms with Gasteiger partial charge in [-0.3, -0.25) is 0 Å². The SMILES string of the molecule is Cc1c(F)cc(C(=O)O)cc1S(=O)(=O)N(C)CCO. The molecule has 0 aromatic heterocycles. The van der Waals surface area contributed by atoms with Gasteiger partial charge in [-0.15, -0.1) is 0 Å². The van der Waals surface area contributed by atoms with Crippen molar-refractivity contribution in [2.24, 2.45) is 0 Å². The summed E-state index contributed by atoms with van der Waals surface area (Å²) in [5, 5.41) is 17.6. The Kier molecular flexibility index (Phi) is 4.61. The first-order valence-corrected chi connectivity index (χ1v) is 6.76. The molecule has 0 amide bonds. The van der Waals surface area contributed by atoms with Crippen molar-refractivity contribution in [3.8, 4) is 0 Å². The summed E-state index contributed by atoms with van der Waals surface area (Å²) in [5.41, 5.74) is -0.603. The van der Waals surface area contributed by atoms with Gasteiger partial charge in [0.05, 0.1) is 17.1 Å². The maximum absolute atomic E-state index is 13.6. The molecule has 1 rings (SSSR count). The van der Waals surface area contributed by atoms with Gasteiger partial charge in [-0.25, -0.2) is 17.6 Å². The maximum Gasteiger partial charge on any atom is 0.335 e. The lowest BCUT2D eigenvalue weighted by Crippen LogP contribution is -2.30. The summed E-state index contributed by atoms with van der Waals surface area (Å²) in [5.74, 6) is -2.32. The van der Waals surface area contributed by atoms with Crippen LogP contribution in [0.3, 0.4) is 0 Å². The largest absolute Gasteiger partial charge is 0.478 e. The zero-order chi connectivity index (χ0) is 14.8. The average Bonchev–Trinajstić information content (AvgIpc) is 2.32. The minimum absolute atomic E-state index is 0.158. The fourth-order valence-electron chi connectivity index (χ4n) is 1.47. The van der Waals surface area contributed by atoms with Crippen LogP contribution in [-0.4, -0.2) is 49.1 Å². The van der Waals surface area contributed by atoms with Crippen LogP contribution in [0.15, 0.2) is 17.0 Å². The molecule has 0 fully saturated rings. The van der Waals surface area contributed by atoms with E-state index in [0.29, 0.717) is 0 Å². The lowest BCUT2D eigenvalue weighted by atomic mass is 10.1. The molecular weight excluding hydrogens is 277 g/mol. The van der Waals surface area contributed by atoms with Gasteiger partial charge in [-0.05, 0) is 19.1 Å². The lowest BCUT2D eigenvalue weighted by Gasteiger charge is -2.18. The summed E-state index contributed by atoms with van der Waals surface area (Å²) >= 11 is 0. The summed E-state index contributed by atoms with van der Waals surface area (Å²) in [6, 6.07) is 1.67. The third kappa shape index (κ3) is 3.09. The average molecular weight is 291 g/mol. The number of aliphatic hydroxyl groups excluding tert-OH is 1. The van der Waals surface area contributed by atoms with E-state index < -0.39 is 38.9 Å². The van der Waals surface area contributed by atoms with Gasteiger partial charge < -0.3 is 10.2 Å². The summed E-state index contributed by atoms with van der Waals surface area (Å²) in [6.07, 6.45) is 0. The number of rotatable bonds is 5. The van der Waals surface area contributed by atoms with Crippen molar-refractivity contribution in [3.63, 3.8) is 0 Å². The van der Waals surface area contributed by atoms with Crippen LogP contribution in [0, 0.1) is 12.7 Å². The van der Waals surface area contributed by atoms with Gasteiger partial charge in [0.15, 0.2) is 0 Å². The summed E-state index contributed by atoms with van der Waals surface area (Å²) in [4.78, 5) is 10.4. The number of carboxylic acid groups (broad SMARTS) is 1. The molecule has 0 aliphatic rings. The van der Waals surface area contributed by atoms with Crippen molar-refractivity contribution in [1.82, 2.24) is 4.31 Å². The number of aliphatic hydroxyl groups is 1. The van der Waals surface area contributed by atoms with Crippen LogP contribution in [0.25, 0.3) is 0 Å². The highest BCUT2D eigenvalue weighted by atomic mass is 32.2. The highest BCUT2D eigenvalue weighted by molar-refractivity contribution is 7.89. The number of hydrogen-bond donors (Lipinski definition) is 2. The summed E-state index contributed by atoms with van der Waals surface area (Å²) in [7, 11) is -2.82. The van der Waals surface area contributed by atoms with E-state index in [1.54, 1.807) is 0 Å². The third-order valence-electron chi connectivity index (χ3n) is 2.65. The molecule has 0 unspecified atom stereocenters. The first kappa shape index (κ1) is 15.5. The Balaban J connectivity index is 3.45. The molecule has 19 heavy (non-hydrogen) atoms. The molecule has 6 nitrogen and oxygen atoms in total. The first-order valence-electron chi connectivity index (χ1n) is 5.32. The highest BCUT2D eigenvalue weighted by Gasteiger charge is 2.25. The Labute approximate surface area is 110 Å². The molecule has 1 aromatic carbocycles. The Morgan fingerprint density at radius 2 is 2.00 bits per heavy atom. The molecule has 0 atom stereocenters. The van der Waals surface area contributed by atoms with E-state index in [4.69, 9.17) is 10.2 Å². The lowest BCUT2D eigenvalue weighted by molar-refractivity contribution is 0.0696. The Morgan fingerprint density at radius 1 is 1.42 bits per heavy atom. The van der Waals surface area contributed by atoms with Crippen molar-refractivity contribution in [2.75, 3.05) is 20.2 Å². The fourth-order valence-corrected chi connectivity index (χ4v) is 2.89. The van der Waals surface area contributed by atoms with E-state index >= 15 is 0 Å². The second-order valence-corrected chi connectivity index (χ2v) is 5.95. The molecule has 106 valence electrons. The van der Waals surface area contributed by atoms with Crippen LogP contribution in [0.1, 0.15) is 15.9 Å². The number of aromatic carboxylic acids is 1. The van der Waals surface area contributed by atoms with Crippen LogP contribution in [0.2, 0.25) is 0 Å². The quantitative estimate of drug-likeness (QED) is 0.821. The Bertz CT molecular complexity index is 599. The topological polar surface area (TPSA) is 94.9 Å². The normalized spacial score (nSPS) is 11.8. The van der Waals surface area contributed by atoms with Crippen molar-refractivity contribution in [1.29, 1.82) is 0 Å². The number of carboxylic acids is 1. The van der Waals surface area contributed by atoms with E-state index in [1.807, 2.05) is 0 Å². The van der Waals surface area contributed by atoms with Gasteiger partial charge in [-0.2, -0.15) is 4.31 Å². The molecule has 0 bridgehead atoms. The van der Waals surface area contributed by atoms with Crippen LogP contribution < -0.4 is 0 Å². The molecule has 8 heteroatoms. The van der Waals surface area contributed by atoms with Crippen molar-refractivity contribution in [3.05, 3.63) is 29.1 Å². The minimum atomic E-state index is -4.04. The van der Waals surface area contributed by atoms with Crippen LogP contribution in [-0.2, 0) is 10.0 Å². The third-order valence-corrected chi connectivity index (χ3v) is 4.63. The number of carbonyl (C=O) groups is 1. The zero-order valence-electron chi connectivity index (χ0n) is 10.4. The van der Waals surface area contributed by atoms with E-state index in [9.17, 15) is 17.6 Å². The van der Waals surface area contributed by atoms with Gasteiger partial charge >= 0.3 is 5.97 Å². The van der Waals surface area contributed by atoms with Crippen molar-refractivity contribution < 1.29 is 27.8 Å². The molecular formula is C11H14FNO5S. The standard InChI is InChI=1S/C11H14FNO5S/c1-7-9(12)5-8(11(15)16)6-10(7)19(17,18)13(2)3-4-14/h5-6,14H,3-4H2,1-2H3,(H,15,16). The van der Waals surface area contributed by atoms with Crippen LogP contribution in [0.4, 0.5) is 4.39 Å². The molecule has 0 aliphatic heterocycles. The van der Waals surface area contributed by atoms with Crippen molar-refractivity contribution in [2.45, 2.75) is 11.8 Å². The van der Waals surface area contributed by atoms with Gasteiger partial charge in [0.2, 0.25) is 10.0 Å². The Morgan fingerprint density at radius 3 is 2.47 bits per heavy atom. The molecule has 0 heterocycles. The number of hydrogen-bond acceptors (Lipinski definition) is 4. The number of benzene rings is 1. The summed E-state index contributed by atoms with van der Waals surface area (Å²) in [6.45, 7) is 0.692. The predicted molar refractivity (Wildman–Crippen MR) is 65.0 cm³/mol. The second kappa shape index (κ2) is 5.64. The van der Waals surface area contributed by atoms with Crippen molar-refractivity contribution >= 4 is 16.0 Å². The van der Waals surface area contributed by atoms with Gasteiger partial charge in [0.25, 0.3) is 0 Å². The second-order valence-electron chi connectivity index (χ2n) is 3.94. The predicted octanol–water partition coefficient (Wildman–Crippen LogP) is 0.445. The van der Waals surface area contributed by atoms with Gasteiger partial charge in [0, 0.05) is 19.2 Å². The molecule has 0 aliphatic carbocycles. The van der Waals surface area contributed by atoms with E-state index in [0.717, 1.165) is 16.4 Å². The molecule has 1 aromatic rings. The number of sulfonamides is 1. The molecule has 2 N–H and O–H groups in total. The number of likely N-dealkylation sites (N-methyl/N-ethyl adjacent to an activating group) is 1. The summed E-state index contributed by atoms with van der Waals surface area (Å²) < 4.78 is 38.7. The molecule has 0 saturated heterocycles. The maximum atomic E-state index is 13.6. The smallest absolute Gasteiger partial charge is 0.335 e. The van der Waals surface area contributed by atoms with Gasteiger partial charge in [-0.1, -0.05) is 0 Å². The highest BCUT2D eigenvalue weighted by Crippen LogP contribution is 2.23. The van der Waals surface area contributed by atoms with Crippen LogP contribution in [0.5, 0.6) is 0 Å². The molecule has 0 radical (unpaired) electrons. The van der Waals surface area contributed by atoms with Gasteiger partial charge in [0.1, 0.15) is 5.82 Å². The minimum Gasteiger partial charge on any atom is -0.478 e. The van der Waals surface area contributed by atoms with Crippen LogP contribution >= 0.6 is 0 Å². The zero-order valence-corrected chi connectivity index (χ0v) is 11.2. The van der Waals surface area contributed by atoms with E-state index in [1.165, 1.54) is 14.0 Å². The monoisotopic (exact) mass is 291 g/mol. The number of halogens is 1. The number of nitrogens with zero attached hydrogens (tertiary/aromatic N) is 1. The molecule has 0 saturated carbocycles. The van der Waals surface area contributed by atoms with E-state index in [2.05, 4.69) is 0 Å². The molecule has 0 spiro atoms. The first-order chi connectivity index (χ1) is 8.71. The van der Waals surface area contributed by atoms with E-state index in [-0.39, 0.29) is 12.1 Å². The fraction of sp³-hybridized carbons (Fsp3) is 0.364.